The van der Waals surface area contributed by atoms with Crippen molar-refractivity contribution in [1.82, 2.24) is 0 Å². The summed E-state index contributed by atoms with van der Waals surface area (Å²) >= 11 is 5.70. The Hall–Kier alpha value is -1.06. The van der Waals surface area contributed by atoms with Gasteiger partial charge in [-0.05, 0) is 12.1 Å². The Kier molecular flexibility index (Phi) is 6.08. The van der Waals surface area contributed by atoms with E-state index < -0.39 is 10.4 Å². The van der Waals surface area contributed by atoms with Crippen LogP contribution in [0.4, 0.5) is 5.69 Å². The van der Waals surface area contributed by atoms with Crippen LogP contribution in [0, 0.1) is 0 Å². The van der Waals surface area contributed by atoms with Gasteiger partial charge in [-0.25, -0.2) is 0 Å². The fourth-order valence-corrected chi connectivity index (χ4v) is 0.946. The zero-order chi connectivity index (χ0) is 12.8. The lowest BCUT2D eigenvalue weighted by Crippen LogP contribution is -2.07. The van der Waals surface area contributed by atoms with Crippen LogP contribution in [0.5, 0.6) is 5.75 Å². The van der Waals surface area contributed by atoms with Crippen molar-refractivity contribution in [3.05, 3.63) is 23.2 Å². The lowest BCUT2D eigenvalue weighted by molar-refractivity contribution is 0.381. The SMILES string of the molecule is COc1cc(Cl)ccc1NN.O=S(=O)(O)O. The number of ether oxygens (including phenoxy) is 1. The van der Waals surface area contributed by atoms with E-state index in [0.29, 0.717) is 10.8 Å². The molecule has 0 aliphatic rings. The average Bonchev–Trinajstić information content (AvgIpc) is 2.15. The van der Waals surface area contributed by atoms with Crippen molar-refractivity contribution in [3.63, 3.8) is 0 Å². The van der Waals surface area contributed by atoms with Gasteiger partial charge in [-0.1, -0.05) is 11.6 Å². The molecule has 0 heterocycles. The molecule has 7 nitrogen and oxygen atoms in total. The van der Waals surface area contributed by atoms with Crippen molar-refractivity contribution in [2.24, 2.45) is 5.84 Å². The van der Waals surface area contributed by atoms with Crippen LogP contribution in [0.15, 0.2) is 18.2 Å². The van der Waals surface area contributed by atoms with E-state index >= 15 is 0 Å². The maximum absolute atomic E-state index is 8.74. The molecule has 0 aliphatic heterocycles. The van der Waals surface area contributed by atoms with Crippen molar-refractivity contribution in [3.8, 4) is 5.75 Å². The van der Waals surface area contributed by atoms with Crippen LogP contribution in [0.1, 0.15) is 0 Å². The van der Waals surface area contributed by atoms with Crippen LogP contribution in [-0.2, 0) is 10.4 Å². The Morgan fingerprint density at radius 1 is 1.44 bits per heavy atom. The topological polar surface area (TPSA) is 122 Å². The highest BCUT2D eigenvalue weighted by Crippen LogP contribution is 2.26. The normalized spacial score (nSPS) is 10.1. The van der Waals surface area contributed by atoms with E-state index in [4.69, 9.17) is 39.7 Å². The number of nitrogens with two attached hydrogens (primary N) is 1. The van der Waals surface area contributed by atoms with Gasteiger partial charge in [-0.2, -0.15) is 8.42 Å². The van der Waals surface area contributed by atoms with E-state index in [-0.39, 0.29) is 0 Å². The summed E-state index contributed by atoms with van der Waals surface area (Å²) < 4.78 is 36.6. The molecule has 0 spiro atoms. The number of nitrogens with one attached hydrogen (secondary N) is 1. The second-order valence-electron chi connectivity index (χ2n) is 2.44. The molecule has 1 aromatic carbocycles. The summed E-state index contributed by atoms with van der Waals surface area (Å²) in [7, 11) is -3.10. The molecule has 0 aromatic heterocycles. The highest BCUT2D eigenvalue weighted by molar-refractivity contribution is 7.79. The van der Waals surface area contributed by atoms with Crippen LogP contribution in [0.25, 0.3) is 0 Å². The summed E-state index contributed by atoms with van der Waals surface area (Å²) in [5.41, 5.74) is 3.21. The molecule has 0 radical (unpaired) electrons. The van der Waals surface area contributed by atoms with Gasteiger partial charge in [-0.3, -0.25) is 14.9 Å². The maximum Gasteiger partial charge on any atom is 0.394 e. The Labute approximate surface area is 97.7 Å². The molecule has 1 rings (SSSR count). The summed E-state index contributed by atoms with van der Waals surface area (Å²) in [5.74, 6) is 5.84. The van der Waals surface area contributed by atoms with Crippen molar-refractivity contribution >= 4 is 27.7 Å². The third kappa shape index (κ3) is 7.26. The first-order valence-corrected chi connectivity index (χ1v) is 5.55. The largest absolute Gasteiger partial charge is 0.494 e. The summed E-state index contributed by atoms with van der Waals surface area (Å²) in [4.78, 5) is 0. The van der Waals surface area contributed by atoms with Crippen molar-refractivity contribution < 1.29 is 22.3 Å². The lowest BCUT2D eigenvalue weighted by Gasteiger charge is -2.06. The molecule has 0 atom stereocenters. The third-order valence-electron chi connectivity index (χ3n) is 1.32. The van der Waals surface area contributed by atoms with E-state index in [9.17, 15) is 0 Å². The molecule has 0 amide bonds. The maximum atomic E-state index is 8.74. The lowest BCUT2D eigenvalue weighted by atomic mass is 10.3. The molecular formula is C7H11ClN2O5S. The minimum atomic E-state index is -4.67. The Morgan fingerprint density at radius 2 is 1.94 bits per heavy atom. The van der Waals surface area contributed by atoms with Gasteiger partial charge in [0.25, 0.3) is 0 Å². The van der Waals surface area contributed by atoms with Crippen molar-refractivity contribution in [2.75, 3.05) is 12.5 Å². The van der Waals surface area contributed by atoms with E-state index in [2.05, 4.69) is 5.43 Å². The highest BCUT2D eigenvalue weighted by Gasteiger charge is 2.00. The van der Waals surface area contributed by atoms with Gasteiger partial charge >= 0.3 is 10.4 Å². The molecule has 5 N–H and O–H groups in total. The Bertz CT molecular complexity index is 428. The smallest absolute Gasteiger partial charge is 0.394 e. The zero-order valence-electron chi connectivity index (χ0n) is 8.21. The first-order valence-electron chi connectivity index (χ1n) is 3.78. The molecule has 9 heteroatoms. The first-order chi connectivity index (χ1) is 7.27. The molecule has 16 heavy (non-hydrogen) atoms. The van der Waals surface area contributed by atoms with Gasteiger partial charge in [0.05, 0.1) is 12.8 Å². The summed E-state index contributed by atoms with van der Waals surface area (Å²) in [5, 5.41) is 0.626. The second-order valence-corrected chi connectivity index (χ2v) is 3.77. The first kappa shape index (κ1) is 14.9. The Morgan fingerprint density at radius 3 is 2.31 bits per heavy atom. The molecule has 0 saturated carbocycles. The van der Waals surface area contributed by atoms with Crippen LogP contribution in [0.3, 0.4) is 0 Å². The third-order valence-corrected chi connectivity index (χ3v) is 1.55. The van der Waals surface area contributed by atoms with Crippen LogP contribution >= 0.6 is 11.6 Å². The quantitative estimate of drug-likeness (QED) is 0.359. The number of hydrogen-bond donors (Lipinski definition) is 4. The molecule has 0 bridgehead atoms. The number of anilines is 1. The predicted molar refractivity (Wildman–Crippen MR) is 60.0 cm³/mol. The van der Waals surface area contributed by atoms with Crippen LogP contribution in [0.2, 0.25) is 5.02 Å². The molecule has 0 aliphatic carbocycles. The summed E-state index contributed by atoms with van der Waals surface area (Å²) in [6.45, 7) is 0. The van der Waals surface area contributed by atoms with Crippen LogP contribution < -0.4 is 16.0 Å². The van der Waals surface area contributed by atoms with E-state index in [1.807, 2.05) is 0 Å². The van der Waals surface area contributed by atoms with E-state index in [1.54, 1.807) is 25.3 Å². The van der Waals surface area contributed by atoms with Gasteiger partial charge in [0.15, 0.2) is 0 Å². The van der Waals surface area contributed by atoms with E-state index in [0.717, 1.165) is 5.69 Å². The number of nitrogen functional groups attached to an aromatic ring is 1. The van der Waals surface area contributed by atoms with Gasteiger partial charge in [-0.15, -0.1) is 0 Å². The van der Waals surface area contributed by atoms with Gasteiger partial charge in [0, 0.05) is 11.1 Å². The zero-order valence-corrected chi connectivity index (χ0v) is 9.79. The number of methoxy groups -OCH3 is 1. The standard InChI is InChI=1S/C7H9ClN2O.H2O4S/c1-11-7-4-5(8)2-3-6(7)10-9;1-5(2,3)4/h2-4,10H,9H2,1H3;(H2,1,2,3,4). The predicted octanol–water partition coefficient (Wildman–Crippen LogP) is 0.981. The van der Waals surface area contributed by atoms with Gasteiger partial charge in [0.1, 0.15) is 5.75 Å². The number of rotatable bonds is 2. The fourth-order valence-electron chi connectivity index (χ4n) is 0.784. The number of benzene rings is 1. The highest BCUT2D eigenvalue weighted by atomic mass is 35.5. The van der Waals surface area contributed by atoms with E-state index in [1.165, 1.54) is 0 Å². The number of halogens is 1. The summed E-state index contributed by atoms with van der Waals surface area (Å²) in [6.07, 6.45) is 0. The number of hydrazine groups is 1. The van der Waals surface area contributed by atoms with Gasteiger partial charge < -0.3 is 10.2 Å². The van der Waals surface area contributed by atoms with Crippen molar-refractivity contribution in [2.45, 2.75) is 0 Å². The second kappa shape index (κ2) is 6.51. The Balaban J connectivity index is 0.000000385. The minimum Gasteiger partial charge on any atom is -0.494 e. The molecule has 1 aromatic rings. The van der Waals surface area contributed by atoms with Crippen molar-refractivity contribution in [1.29, 1.82) is 0 Å². The minimum absolute atomic E-state index is 0.626. The average molecular weight is 271 g/mol. The monoisotopic (exact) mass is 270 g/mol. The fraction of sp³-hybridized carbons (Fsp3) is 0.143. The number of hydrogen-bond acceptors (Lipinski definition) is 5. The van der Waals surface area contributed by atoms with Crippen LogP contribution in [-0.4, -0.2) is 24.6 Å². The molecule has 92 valence electrons. The molecule has 0 unspecified atom stereocenters. The molecule has 0 fully saturated rings. The molecular weight excluding hydrogens is 260 g/mol. The summed E-state index contributed by atoms with van der Waals surface area (Å²) in [6, 6.07) is 5.18. The molecule has 0 saturated heterocycles. The van der Waals surface area contributed by atoms with Gasteiger partial charge in [0.2, 0.25) is 0 Å².